The minimum absolute atomic E-state index is 0.0278. The van der Waals surface area contributed by atoms with Crippen LogP contribution in [0.3, 0.4) is 0 Å². The molecule has 0 heterocycles. The van der Waals surface area contributed by atoms with E-state index in [-0.39, 0.29) is 24.4 Å². The van der Waals surface area contributed by atoms with E-state index in [1.54, 1.807) is 0 Å². The molecule has 0 aliphatic carbocycles. The normalized spacial score (nSPS) is 8.67. The topological polar surface area (TPSA) is 148 Å². The largest absolute Gasteiger partial charge is 1.24 e. The number of hydrogen-bond acceptors (Lipinski definition) is 7. The molecule has 0 unspecified atom stereocenters. The minimum atomic E-state index is -5.92. The summed E-state index contributed by atoms with van der Waals surface area (Å²) in [6.45, 7) is 0. The van der Waals surface area contributed by atoms with Gasteiger partial charge in [0.1, 0.15) is 0 Å². The number of halogens is 6. The van der Waals surface area contributed by atoms with Crippen molar-refractivity contribution in [3.8, 4) is 0 Å². The highest BCUT2D eigenvalue weighted by Gasteiger charge is 2.30. The first kappa shape index (κ1) is 28.7. The summed E-state index contributed by atoms with van der Waals surface area (Å²) in [6, 6.07) is 0. The zero-order valence-electron chi connectivity index (χ0n) is 7.63. The van der Waals surface area contributed by atoms with Crippen molar-refractivity contribution in [3.05, 3.63) is 0 Å². The Kier molecular flexibility index (Phi) is 31.1. The predicted molar refractivity (Wildman–Crippen MR) is 65.0 cm³/mol. The Bertz CT molecular complexity index is 121. The van der Waals surface area contributed by atoms with Crippen molar-refractivity contribution >= 4 is 109 Å². The third-order valence-corrected chi connectivity index (χ3v) is 2.25. The molecule has 0 saturated carbocycles. The first-order valence-corrected chi connectivity index (χ1v) is 15.1. The first-order chi connectivity index (χ1) is 7.95. The summed E-state index contributed by atoms with van der Waals surface area (Å²) in [5.74, 6) is 0. The average molecular weight is 465 g/mol. The zero-order chi connectivity index (χ0) is 15.8. The molecule has 0 aliphatic rings. The molecule has 18 heavy (non-hydrogen) atoms. The van der Waals surface area contributed by atoms with Crippen molar-refractivity contribution in [3.63, 3.8) is 0 Å². The molecular formula is Cl6O7Si5. The molecule has 0 fully saturated rings. The molecule has 0 rings (SSSR count). The summed E-state index contributed by atoms with van der Waals surface area (Å²) in [5, 5.41) is 0. The molecule has 7 nitrogen and oxygen atoms in total. The molecular weight excluding hydrogens is 465 g/mol. The number of hydrogen-bond donors (Lipinski definition) is 0. The van der Waals surface area contributed by atoms with Crippen LogP contribution in [-0.4, -0.2) is 42.5 Å². The lowest BCUT2D eigenvalue weighted by Crippen LogP contribution is -2.87. The molecule has 0 atom stereocenters. The molecule has 0 saturated heterocycles. The van der Waals surface area contributed by atoms with E-state index in [1.165, 1.54) is 0 Å². The SMILES string of the molecule is Cl[Si+2]Cl.Cl[Si+2]Cl.Cl[Si+2]Cl.[O-][Si]([O-])([O-])O[Si]([O-])([O-])[O-]. The van der Waals surface area contributed by atoms with Gasteiger partial charge < -0.3 is 32.9 Å². The lowest BCUT2D eigenvalue weighted by molar-refractivity contribution is -0.579. The molecule has 0 aromatic rings. The average Bonchev–Trinajstić information content (AvgIpc) is 2.00. The van der Waals surface area contributed by atoms with Crippen LogP contribution in [0.2, 0.25) is 0 Å². The Morgan fingerprint density at radius 1 is 0.556 bits per heavy atom. The zero-order valence-corrected chi connectivity index (χ0v) is 17.2. The second-order valence-electron chi connectivity index (χ2n) is 1.32. The Labute approximate surface area is 141 Å². The highest BCUT2D eigenvalue weighted by atomic mass is 35.7. The van der Waals surface area contributed by atoms with Gasteiger partial charge in [0.2, 0.25) is 0 Å². The van der Waals surface area contributed by atoms with E-state index >= 15 is 0 Å². The summed E-state index contributed by atoms with van der Waals surface area (Å²) in [4.78, 5) is 56.2. The van der Waals surface area contributed by atoms with E-state index in [1.807, 2.05) is 0 Å². The molecule has 104 valence electrons. The van der Waals surface area contributed by atoms with Crippen LogP contribution in [0, 0.1) is 0 Å². The van der Waals surface area contributed by atoms with Crippen LogP contribution in [0.15, 0.2) is 0 Å². The van der Waals surface area contributed by atoms with Gasteiger partial charge in [-0.2, -0.15) is 0 Å². The molecule has 0 aromatic heterocycles. The summed E-state index contributed by atoms with van der Waals surface area (Å²) >= 11 is 28.7. The summed E-state index contributed by atoms with van der Waals surface area (Å²) in [7, 11) is -11.8. The van der Waals surface area contributed by atoms with Crippen molar-refractivity contribution in [1.29, 1.82) is 0 Å². The van der Waals surface area contributed by atoms with Crippen LogP contribution in [0.25, 0.3) is 0 Å². The van der Waals surface area contributed by atoms with Crippen LogP contribution >= 0.6 is 66.5 Å². The molecule has 0 amide bonds. The highest BCUT2D eigenvalue weighted by Crippen LogP contribution is 1.75. The standard InChI is InChI=1S/3Cl2Si.O7Si2/c3*1-3-2;1-8(2,3)7-9(4,5)6/q3*+2;-6. The number of rotatable bonds is 2. The van der Waals surface area contributed by atoms with Crippen molar-refractivity contribution < 1.29 is 32.9 Å². The second-order valence-corrected chi connectivity index (χ2v) is 9.70. The molecule has 0 aromatic carbocycles. The van der Waals surface area contributed by atoms with Crippen molar-refractivity contribution in [1.82, 2.24) is 0 Å². The van der Waals surface area contributed by atoms with Crippen LogP contribution in [-0.2, 0) is 4.12 Å². The molecule has 18 heteroatoms. The van der Waals surface area contributed by atoms with E-state index in [2.05, 4.69) is 4.12 Å². The Hall–Kier alpha value is 2.54. The molecule has 0 aliphatic heterocycles. The van der Waals surface area contributed by atoms with Crippen LogP contribution in [0.4, 0.5) is 0 Å². The fraction of sp³-hybridized carbons (Fsp3) is 0. The van der Waals surface area contributed by atoms with Gasteiger partial charge in [0.05, 0.1) is 0 Å². The maximum Gasteiger partial charge on any atom is 1.24 e. The van der Waals surface area contributed by atoms with Crippen LogP contribution < -0.4 is 28.8 Å². The maximum atomic E-state index is 9.36. The highest BCUT2D eigenvalue weighted by molar-refractivity contribution is 7.23. The van der Waals surface area contributed by atoms with E-state index in [9.17, 15) is 28.8 Å². The monoisotopic (exact) mass is 462 g/mol. The van der Waals surface area contributed by atoms with Gasteiger partial charge in [-0.25, -0.2) is 0 Å². The van der Waals surface area contributed by atoms with Gasteiger partial charge in [-0.3, -0.25) is 0 Å². The molecule has 0 radical (unpaired) electrons. The Morgan fingerprint density at radius 3 is 0.667 bits per heavy atom. The van der Waals surface area contributed by atoms with Crippen molar-refractivity contribution in [2.75, 3.05) is 0 Å². The van der Waals surface area contributed by atoms with Gasteiger partial charge in [-0.15, -0.1) is 18.1 Å². The molecule has 0 spiro atoms. The fourth-order valence-corrected chi connectivity index (χ4v) is 1.38. The maximum absolute atomic E-state index is 9.36. The second kappa shape index (κ2) is 19.5. The van der Waals surface area contributed by atoms with E-state index in [0.717, 1.165) is 0 Å². The molecule has 0 N–H and O–H groups in total. The van der Waals surface area contributed by atoms with Gasteiger partial charge in [0.15, 0.2) is 0 Å². The Balaban J connectivity index is -0.0000000902. The van der Waals surface area contributed by atoms with Gasteiger partial charge in [-0.1, -0.05) is 0 Å². The van der Waals surface area contributed by atoms with E-state index < -0.39 is 18.1 Å². The van der Waals surface area contributed by atoms with Gasteiger partial charge >= 0.3 is 90.9 Å². The lowest BCUT2D eigenvalue weighted by atomic mass is 15.6. The third kappa shape index (κ3) is 78.2. The van der Waals surface area contributed by atoms with Gasteiger partial charge in [-0.05, 0) is 0 Å². The smallest absolute Gasteiger partial charge is 0.862 e. The Morgan fingerprint density at radius 2 is 0.667 bits per heavy atom. The molecule has 0 bridgehead atoms. The van der Waals surface area contributed by atoms with E-state index in [4.69, 9.17) is 66.5 Å². The van der Waals surface area contributed by atoms with Gasteiger partial charge in [0, 0.05) is 0 Å². The lowest BCUT2D eigenvalue weighted by Gasteiger charge is -2.70. The van der Waals surface area contributed by atoms with Gasteiger partial charge in [0.25, 0.3) is 0 Å². The van der Waals surface area contributed by atoms with Crippen LogP contribution in [0.1, 0.15) is 0 Å². The fourth-order valence-electron chi connectivity index (χ4n) is 0.153. The summed E-state index contributed by atoms with van der Waals surface area (Å²) in [5.41, 5.74) is 0. The quantitative estimate of drug-likeness (QED) is 0.293. The predicted octanol–water partition coefficient (Wildman–Crippen LogP) is -4.97. The third-order valence-electron chi connectivity index (χ3n) is 0.250. The summed E-state index contributed by atoms with van der Waals surface area (Å²) < 4.78 is 2.57. The van der Waals surface area contributed by atoms with Crippen LogP contribution in [0.5, 0.6) is 0 Å². The summed E-state index contributed by atoms with van der Waals surface area (Å²) in [6.07, 6.45) is 0. The van der Waals surface area contributed by atoms with Crippen molar-refractivity contribution in [2.45, 2.75) is 0 Å². The first-order valence-electron chi connectivity index (χ1n) is 2.77. The van der Waals surface area contributed by atoms with E-state index in [0.29, 0.717) is 0 Å². The minimum Gasteiger partial charge on any atom is -0.862 e. The van der Waals surface area contributed by atoms with Crippen molar-refractivity contribution in [2.24, 2.45) is 0 Å².